The summed E-state index contributed by atoms with van der Waals surface area (Å²) in [6, 6.07) is 0. The predicted molar refractivity (Wildman–Crippen MR) is 134 cm³/mol. The molecule has 0 nitrogen and oxygen atoms in total. The molecular weight excluding hydrogens is 372 g/mol. The molecular formula is C31H54. The average Bonchev–Trinajstić information content (AvgIpc) is 3.61. The van der Waals surface area contributed by atoms with Gasteiger partial charge < -0.3 is 0 Å². The molecule has 0 amide bonds. The smallest absolute Gasteiger partial charge is 0.0179 e. The molecule has 5 rings (SSSR count). The molecule has 5 aliphatic rings. The van der Waals surface area contributed by atoms with Gasteiger partial charge in [-0.1, -0.05) is 96.8 Å². The van der Waals surface area contributed by atoms with Crippen LogP contribution in [0, 0.1) is 40.4 Å². The van der Waals surface area contributed by atoms with Crippen LogP contribution in [0.25, 0.3) is 0 Å². The van der Waals surface area contributed by atoms with Crippen LogP contribution in [-0.2, 0) is 0 Å². The van der Waals surface area contributed by atoms with Crippen molar-refractivity contribution in [3.05, 3.63) is 0 Å². The van der Waals surface area contributed by atoms with Crippen LogP contribution in [0.1, 0.15) is 155 Å². The predicted octanol–water partition coefficient (Wildman–Crippen LogP) is 10.1. The van der Waals surface area contributed by atoms with Crippen molar-refractivity contribution in [2.24, 2.45) is 40.4 Å². The zero-order valence-electron chi connectivity index (χ0n) is 21.2. The Bertz CT molecular complexity index is 520. The van der Waals surface area contributed by atoms with Gasteiger partial charge in [-0.3, -0.25) is 0 Å². The summed E-state index contributed by atoms with van der Waals surface area (Å²) in [5, 5.41) is 0. The highest BCUT2D eigenvalue weighted by molar-refractivity contribution is 5.18. The van der Waals surface area contributed by atoms with E-state index in [4.69, 9.17) is 0 Å². The fourth-order valence-corrected chi connectivity index (χ4v) is 10.7. The second-order valence-corrected chi connectivity index (χ2v) is 13.1. The van der Waals surface area contributed by atoms with Gasteiger partial charge in [0, 0.05) is 0 Å². The molecule has 0 aromatic carbocycles. The lowest BCUT2D eigenvalue weighted by molar-refractivity contribution is -0.0730. The maximum atomic E-state index is 2.55. The van der Waals surface area contributed by atoms with Crippen LogP contribution in [0.5, 0.6) is 0 Å². The van der Waals surface area contributed by atoms with E-state index in [0.717, 1.165) is 40.4 Å². The van der Waals surface area contributed by atoms with Crippen molar-refractivity contribution in [1.82, 2.24) is 0 Å². The highest BCUT2D eigenvalue weighted by Crippen LogP contribution is 2.77. The first kappa shape index (κ1) is 22.8. The molecule has 0 aromatic rings. The van der Waals surface area contributed by atoms with Crippen molar-refractivity contribution in [2.45, 2.75) is 155 Å². The Morgan fingerprint density at radius 1 is 0.548 bits per heavy atom. The first-order valence-electron chi connectivity index (χ1n) is 15.3. The van der Waals surface area contributed by atoms with Gasteiger partial charge in [0.05, 0.1) is 0 Å². The van der Waals surface area contributed by atoms with Crippen LogP contribution in [0.4, 0.5) is 0 Å². The largest absolute Gasteiger partial charge is 0.0651 e. The fourth-order valence-electron chi connectivity index (χ4n) is 10.7. The van der Waals surface area contributed by atoms with E-state index in [1.54, 1.807) is 103 Å². The molecule has 178 valence electrons. The third-order valence-corrected chi connectivity index (χ3v) is 11.9. The fraction of sp³-hybridized carbons (Fsp3) is 1.00. The molecule has 0 heterocycles. The Kier molecular flexibility index (Phi) is 7.41. The molecule has 0 N–H and O–H groups in total. The third kappa shape index (κ3) is 4.18. The van der Waals surface area contributed by atoms with E-state index in [9.17, 15) is 0 Å². The topological polar surface area (TPSA) is 0 Å². The van der Waals surface area contributed by atoms with E-state index in [0.29, 0.717) is 0 Å². The van der Waals surface area contributed by atoms with Gasteiger partial charge in [-0.25, -0.2) is 0 Å². The van der Waals surface area contributed by atoms with Crippen molar-refractivity contribution < 1.29 is 0 Å². The number of rotatable bonds is 5. The molecule has 5 aliphatic carbocycles. The van der Waals surface area contributed by atoms with Crippen LogP contribution in [0.3, 0.4) is 0 Å². The summed E-state index contributed by atoms with van der Waals surface area (Å²) in [4.78, 5) is 0. The molecule has 31 heavy (non-hydrogen) atoms. The van der Waals surface area contributed by atoms with Crippen LogP contribution in [0.15, 0.2) is 0 Å². The summed E-state index contributed by atoms with van der Waals surface area (Å²) >= 11 is 0. The van der Waals surface area contributed by atoms with Gasteiger partial charge in [-0.2, -0.15) is 0 Å². The van der Waals surface area contributed by atoms with Crippen molar-refractivity contribution >= 4 is 0 Å². The van der Waals surface area contributed by atoms with E-state index in [-0.39, 0.29) is 0 Å². The lowest BCUT2D eigenvalue weighted by Gasteiger charge is -2.56. The van der Waals surface area contributed by atoms with Crippen molar-refractivity contribution in [2.75, 3.05) is 0 Å². The van der Waals surface area contributed by atoms with E-state index < -0.39 is 0 Å². The quantitative estimate of drug-likeness (QED) is 0.383. The maximum absolute atomic E-state index is 2.55. The Hall–Kier alpha value is 0. The van der Waals surface area contributed by atoms with Gasteiger partial charge in [0.1, 0.15) is 0 Å². The summed E-state index contributed by atoms with van der Waals surface area (Å²) in [5.41, 5.74) is 1.54. The molecule has 5 fully saturated rings. The Morgan fingerprint density at radius 3 is 1.42 bits per heavy atom. The average molecular weight is 427 g/mol. The second-order valence-electron chi connectivity index (χ2n) is 13.1. The van der Waals surface area contributed by atoms with Gasteiger partial charge in [0.25, 0.3) is 0 Å². The summed E-state index contributed by atoms with van der Waals surface area (Å²) in [6.07, 6.45) is 36.1. The highest BCUT2D eigenvalue weighted by Gasteiger charge is 2.70. The first-order valence-corrected chi connectivity index (χ1v) is 15.3. The molecule has 3 atom stereocenters. The number of hydrogen-bond acceptors (Lipinski definition) is 0. The Labute approximate surface area is 195 Å². The van der Waals surface area contributed by atoms with E-state index in [1.807, 2.05) is 0 Å². The van der Waals surface area contributed by atoms with Gasteiger partial charge in [0.15, 0.2) is 0 Å². The number of hydrogen-bond donors (Lipinski definition) is 0. The highest BCUT2D eigenvalue weighted by atomic mass is 14.7. The van der Waals surface area contributed by atoms with Gasteiger partial charge in [-0.15, -0.1) is 0 Å². The molecule has 0 bridgehead atoms. The molecule has 3 unspecified atom stereocenters. The summed E-state index contributed by atoms with van der Waals surface area (Å²) < 4.78 is 0. The minimum absolute atomic E-state index is 0.750. The molecule has 0 saturated heterocycles. The maximum Gasteiger partial charge on any atom is -0.0179 e. The van der Waals surface area contributed by atoms with Crippen LogP contribution < -0.4 is 0 Å². The summed E-state index contributed by atoms with van der Waals surface area (Å²) in [6.45, 7) is 2.55. The SMILES string of the molecule is CCC1CCCCC12CC2C(C1CCCCCC1)(C1CCCCCC1)C1CCCCC1. The third-order valence-electron chi connectivity index (χ3n) is 11.9. The van der Waals surface area contributed by atoms with Gasteiger partial charge in [-0.05, 0) is 98.2 Å². The molecule has 0 radical (unpaired) electrons. The van der Waals surface area contributed by atoms with E-state index in [1.165, 1.54) is 44.9 Å². The monoisotopic (exact) mass is 426 g/mol. The first-order chi connectivity index (χ1) is 15.3. The lowest BCUT2D eigenvalue weighted by atomic mass is 9.49. The molecule has 1 spiro atoms. The van der Waals surface area contributed by atoms with E-state index in [2.05, 4.69) is 6.92 Å². The molecule has 0 heteroatoms. The van der Waals surface area contributed by atoms with Crippen molar-refractivity contribution in [3.8, 4) is 0 Å². The van der Waals surface area contributed by atoms with Crippen LogP contribution >= 0.6 is 0 Å². The zero-order chi connectivity index (χ0) is 21.2. The van der Waals surface area contributed by atoms with Gasteiger partial charge >= 0.3 is 0 Å². The molecule has 0 aliphatic heterocycles. The van der Waals surface area contributed by atoms with Gasteiger partial charge in [0.2, 0.25) is 0 Å². The lowest BCUT2D eigenvalue weighted by Crippen LogP contribution is -2.49. The normalized spacial score (nSPS) is 37.5. The Morgan fingerprint density at radius 2 is 0.968 bits per heavy atom. The standard InChI is InChI=1S/C31H54/c1-2-25-16-14-15-23-30(25)24-29(30)31(28-21-12-7-13-22-28,26-17-8-3-4-9-18-26)27-19-10-5-6-11-20-27/h25-29H,2-24H2,1H3. The molecule has 5 saturated carbocycles. The molecule has 0 aromatic heterocycles. The zero-order valence-corrected chi connectivity index (χ0v) is 21.2. The Balaban J connectivity index is 1.56. The second kappa shape index (κ2) is 10.1. The summed E-state index contributed by atoms with van der Waals surface area (Å²) in [7, 11) is 0. The van der Waals surface area contributed by atoms with Crippen LogP contribution in [0.2, 0.25) is 0 Å². The van der Waals surface area contributed by atoms with E-state index >= 15 is 0 Å². The van der Waals surface area contributed by atoms with Crippen LogP contribution in [-0.4, -0.2) is 0 Å². The van der Waals surface area contributed by atoms with Crippen molar-refractivity contribution in [3.63, 3.8) is 0 Å². The minimum atomic E-state index is 0.750. The van der Waals surface area contributed by atoms with Crippen molar-refractivity contribution in [1.29, 1.82) is 0 Å². The minimum Gasteiger partial charge on any atom is -0.0651 e. The summed E-state index contributed by atoms with van der Waals surface area (Å²) in [5.74, 6) is 5.47.